The van der Waals surface area contributed by atoms with Crippen molar-refractivity contribution in [3.63, 3.8) is 0 Å². The average molecular weight is 380 g/mol. The van der Waals surface area contributed by atoms with Crippen LogP contribution in [0.1, 0.15) is 16.8 Å². The number of rotatable bonds is 3. The first-order valence-electron chi connectivity index (χ1n) is 8.87. The van der Waals surface area contributed by atoms with Gasteiger partial charge in [0.1, 0.15) is 6.54 Å². The molecule has 1 aromatic heterocycles. The fourth-order valence-electron chi connectivity index (χ4n) is 3.47. The van der Waals surface area contributed by atoms with E-state index in [1.807, 2.05) is 51.9 Å². The second-order valence-electron chi connectivity index (χ2n) is 6.39. The monoisotopic (exact) mass is 380 g/mol. The molecule has 0 saturated heterocycles. The average Bonchev–Trinajstić information content (AvgIpc) is 2.92. The first-order valence-corrected chi connectivity index (χ1v) is 9.86. The van der Waals surface area contributed by atoms with Crippen LogP contribution in [0.4, 0.5) is 5.69 Å². The summed E-state index contributed by atoms with van der Waals surface area (Å²) in [6, 6.07) is 15.6. The Morgan fingerprint density at radius 1 is 1.11 bits per heavy atom. The molecular formula is C21H20N2O3S. The summed E-state index contributed by atoms with van der Waals surface area (Å²) in [6.07, 6.45) is 2.66. The van der Waals surface area contributed by atoms with E-state index >= 15 is 0 Å². The minimum atomic E-state index is -0.395. The van der Waals surface area contributed by atoms with Gasteiger partial charge in [0.25, 0.3) is 0 Å². The summed E-state index contributed by atoms with van der Waals surface area (Å²) >= 11 is 1.79. The van der Waals surface area contributed by atoms with Gasteiger partial charge < -0.3 is 14.2 Å². The summed E-state index contributed by atoms with van der Waals surface area (Å²) in [5.41, 5.74) is 2.30. The van der Waals surface area contributed by atoms with Crippen molar-refractivity contribution >= 4 is 40.2 Å². The number of fused-ring (bicyclic) bond motifs is 2. The molecule has 0 atom stereocenters. The second kappa shape index (κ2) is 7.48. The zero-order valence-electron chi connectivity index (χ0n) is 15.1. The molecule has 0 fully saturated rings. The number of methoxy groups -OCH3 is 1. The smallest absolute Gasteiger partial charge is 0.340 e. The van der Waals surface area contributed by atoms with E-state index in [-0.39, 0.29) is 12.5 Å². The minimum absolute atomic E-state index is 0.0159. The molecule has 0 spiro atoms. The molecule has 1 aliphatic rings. The van der Waals surface area contributed by atoms with Gasteiger partial charge in [-0.2, -0.15) is 0 Å². The van der Waals surface area contributed by atoms with Crippen LogP contribution in [0.15, 0.2) is 59.6 Å². The zero-order chi connectivity index (χ0) is 18.8. The Morgan fingerprint density at radius 2 is 1.89 bits per heavy atom. The van der Waals surface area contributed by atoms with Gasteiger partial charge >= 0.3 is 5.97 Å². The molecule has 2 heterocycles. The third kappa shape index (κ3) is 3.32. The summed E-state index contributed by atoms with van der Waals surface area (Å²) in [6.45, 7) is 0.877. The van der Waals surface area contributed by atoms with Crippen LogP contribution < -0.4 is 4.90 Å². The lowest BCUT2D eigenvalue weighted by molar-refractivity contribution is -0.119. The van der Waals surface area contributed by atoms with Crippen molar-refractivity contribution in [3.8, 4) is 0 Å². The molecule has 0 N–H and O–H groups in total. The minimum Gasteiger partial charge on any atom is -0.465 e. The Kier molecular flexibility index (Phi) is 4.90. The molecule has 0 radical (unpaired) electrons. The van der Waals surface area contributed by atoms with Crippen LogP contribution in [0.3, 0.4) is 0 Å². The zero-order valence-corrected chi connectivity index (χ0v) is 15.9. The van der Waals surface area contributed by atoms with Crippen molar-refractivity contribution in [2.75, 3.05) is 24.3 Å². The van der Waals surface area contributed by atoms with Crippen molar-refractivity contribution in [3.05, 3.63) is 60.3 Å². The van der Waals surface area contributed by atoms with Crippen LogP contribution in [0.5, 0.6) is 0 Å². The van der Waals surface area contributed by atoms with Crippen LogP contribution >= 0.6 is 11.8 Å². The van der Waals surface area contributed by atoms with Crippen molar-refractivity contribution in [2.45, 2.75) is 17.9 Å². The normalized spacial score (nSPS) is 13.9. The maximum Gasteiger partial charge on any atom is 0.340 e. The molecule has 0 bridgehead atoms. The molecule has 3 aromatic rings. The van der Waals surface area contributed by atoms with Crippen molar-refractivity contribution < 1.29 is 14.3 Å². The van der Waals surface area contributed by atoms with E-state index in [9.17, 15) is 9.59 Å². The van der Waals surface area contributed by atoms with Gasteiger partial charge in [0.05, 0.1) is 18.4 Å². The number of hydrogen-bond donors (Lipinski definition) is 0. The highest BCUT2D eigenvalue weighted by Gasteiger charge is 2.23. The number of thioether (sulfide) groups is 1. The Balaban J connectivity index is 1.69. The molecule has 5 nitrogen and oxygen atoms in total. The number of ether oxygens (including phenoxy) is 1. The number of aromatic nitrogens is 1. The SMILES string of the molecule is COC(=O)c1cn(CC(=O)N2CCCSc3ccccc32)c2ccccc12. The van der Waals surface area contributed by atoms with E-state index in [0.29, 0.717) is 12.1 Å². The van der Waals surface area contributed by atoms with Crippen LogP contribution in [-0.2, 0) is 16.1 Å². The van der Waals surface area contributed by atoms with Crippen LogP contribution in [0, 0.1) is 0 Å². The van der Waals surface area contributed by atoms with Crippen LogP contribution in [0.2, 0.25) is 0 Å². The first kappa shape index (κ1) is 17.7. The van der Waals surface area contributed by atoms with E-state index in [1.165, 1.54) is 7.11 Å². The lowest BCUT2D eigenvalue weighted by Crippen LogP contribution is -2.34. The predicted molar refractivity (Wildman–Crippen MR) is 107 cm³/mol. The summed E-state index contributed by atoms with van der Waals surface area (Å²) in [5, 5.41) is 0.795. The Labute approximate surface area is 161 Å². The highest BCUT2D eigenvalue weighted by molar-refractivity contribution is 7.99. The first-order chi connectivity index (χ1) is 13.2. The van der Waals surface area contributed by atoms with Gasteiger partial charge in [-0.05, 0) is 30.4 Å². The highest BCUT2D eigenvalue weighted by atomic mass is 32.2. The molecule has 6 heteroatoms. The molecule has 2 aromatic carbocycles. The van der Waals surface area contributed by atoms with Gasteiger partial charge in [-0.3, -0.25) is 4.79 Å². The molecule has 0 unspecified atom stereocenters. The van der Waals surface area contributed by atoms with Gasteiger partial charge in [-0.15, -0.1) is 11.8 Å². The molecule has 4 rings (SSSR count). The van der Waals surface area contributed by atoms with E-state index in [0.717, 1.165) is 33.7 Å². The molecular weight excluding hydrogens is 360 g/mol. The number of benzene rings is 2. The Hall–Kier alpha value is -2.73. The van der Waals surface area contributed by atoms with Crippen LogP contribution in [0.25, 0.3) is 10.9 Å². The van der Waals surface area contributed by atoms with Crippen molar-refractivity contribution in [1.82, 2.24) is 4.57 Å². The molecule has 0 saturated carbocycles. The summed E-state index contributed by atoms with van der Waals surface area (Å²) < 4.78 is 6.73. The van der Waals surface area contributed by atoms with Gasteiger partial charge in [-0.1, -0.05) is 30.3 Å². The maximum atomic E-state index is 13.2. The van der Waals surface area contributed by atoms with Crippen molar-refractivity contribution in [2.24, 2.45) is 0 Å². The topological polar surface area (TPSA) is 51.5 Å². The Morgan fingerprint density at radius 3 is 2.74 bits per heavy atom. The summed E-state index contributed by atoms with van der Waals surface area (Å²) in [5.74, 6) is 0.621. The number of esters is 1. The lowest BCUT2D eigenvalue weighted by Gasteiger charge is -2.23. The van der Waals surface area contributed by atoms with Crippen molar-refractivity contribution in [1.29, 1.82) is 0 Å². The molecule has 27 heavy (non-hydrogen) atoms. The molecule has 138 valence electrons. The molecule has 1 aliphatic heterocycles. The predicted octanol–water partition coefficient (Wildman–Crippen LogP) is 3.96. The number of para-hydroxylation sites is 2. The number of carbonyl (C=O) groups excluding carboxylic acids is 2. The van der Waals surface area contributed by atoms with E-state index in [4.69, 9.17) is 4.74 Å². The fourth-order valence-corrected chi connectivity index (χ4v) is 4.46. The number of carbonyl (C=O) groups is 2. The van der Waals surface area contributed by atoms with E-state index < -0.39 is 5.97 Å². The summed E-state index contributed by atoms with van der Waals surface area (Å²) in [4.78, 5) is 28.3. The van der Waals surface area contributed by atoms with E-state index in [1.54, 1.807) is 18.0 Å². The van der Waals surface area contributed by atoms with E-state index in [2.05, 4.69) is 6.07 Å². The largest absolute Gasteiger partial charge is 0.465 e. The van der Waals surface area contributed by atoms with Gasteiger partial charge in [0, 0.05) is 28.5 Å². The van der Waals surface area contributed by atoms with Crippen LogP contribution in [-0.4, -0.2) is 35.9 Å². The fraction of sp³-hybridized carbons (Fsp3) is 0.238. The Bertz CT molecular complexity index is 1010. The molecule has 1 amide bonds. The molecule has 0 aliphatic carbocycles. The van der Waals surface area contributed by atoms with Gasteiger partial charge in [0.15, 0.2) is 0 Å². The number of anilines is 1. The number of nitrogens with zero attached hydrogens (tertiary/aromatic N) is 2. The lowest BCUT2D eigenvalue weighted by atomic mass is 10.2. The number of hydrogen-bond acceptors (Lipinski definition) is 4. The standard InChI is InChI=1S/C21H20N2O3S/c1-26-21(25)16-13-22(17-8-3-2-7-15(16)17)14-20(24)23-11-6-12-27-19-10-5-4-9-18(19)23/h2-5,7-10,13H,6,11-12,14H2,1H3. The van der Waals surface area contributed by atoms with Gasteiger partial charge in [0.2, 0.25) is 5.91 Å². The van der Waals surface area contributed by atoms with Gasteiger partial charge in [-0.25, -0.2) is 4.79 Å². The maximum absolute atomic E-state index is 13.2. The summed E-state index contributed by atoms with van der Waals surface area (Å²) in [7, 11) is 1.37. The number of amides is 1. The third-order valence-electron chi connectivity index (χ3n) is 4.74. The third-order valence-corrected chi connectivity index (χ3v) is 5.89. The second-order valence-corrected chi connectivity index (χ2v) is 7.53. The quantitative estimate of drug-likeness (QED) is 0.646. The highest BCUT2D eigenvalue weighted by Crippen LogP contribution is 2.34.